The molecule has 0 atom stereocenters. The van der Waals surface area contributed by atoms with Crippen LogP contribution in [0.3, 0.4) is 0 Å². The molecule has 2 heterocycles. The summed E-state index contributed by atoms with van der Waals surface area (Å²) in [5.74, 6) is 0. The van der Waals surface area contributed by atoms with Crippen LogP contribution in [0.4, 0.5) is 0 Å². The predicted molar refractivity (Wildman–Crippen MR) is 104 cm³/mol. The van der Waals surface area contributed by atoms with Gasteiger partial charge in [0.25, 0.3) is 5.56 Å². The summed E-state index contributed by atoms with van der Waals surface area (Å²) >= 11 is 0. The number of nitrogens with one attached hydrogen (secondary N) is 2. The lowest BCUT2D eigenvalue weighted by Crippen LogP contribution is -2.35. The summed E-state index contributed by atoms with van der Waals surface area (Å²) in [6.07, 6.45) is 15.5. The molecule has 1 saturated carbocycles. The standard InChI is InChI=1S/C21H26N4O/c26-21-17-11-2-1-10-16(17)18-19(14-6-3-7-14)24-25(20(18)23-21)13-5-12-22-15-8-4-9-15/h3,6-7,15,22H,1-2,4-5,8-13H2,(H,23,26). The summed E-state index contributed by atoms with van der Waals surface area (Å²) in [7, 11) is 0. The molecular weight excluding hydrogens is 324 g/mol. The van der Waals surface area contributed by atoms with Gasteiger partial charge in [0.15, 0.2) is 0 Å². The monoisotopic (exact) mass is 350 g/mol. The number of rotatable bonds is 6. The zero-order chi connectivity index (χ0) is 17.5. The van der Waals surface area contributed by atoms with E-state index in [9.17, 15) is 4.79 Å². The quantitative estimate of drug-likeness (QED) is 0.787. The van der Waals surface area contributed by atoms with E-state index in [2.05, 4.69) is 28.5 Å². The molecule has 2 N–H and O–H groups in total. The largest absolute Gasteiger partial charge is 0.314 e. The third kappa shape index (κ3) is 2.65. The zero-order valence-electron chi connectivity index (χ0n) is 15.2. The summed E-state index contributed by atoms with van der Waals surface area (Å²) in [5.41, 5.74) is 5.45. The highest BCUT2D eigenvalue weighted by Gasteiger charge is 2.24. The molecule has 1 fully saturated rings. The van der Waals surface area contributed by atoms with E-state index in [0.717, 1.165) is 68.1 Å². The molecule has 0 saturated heterocycles. The van der Waals surface area contributed by atoms with Gasteiger partial charge in [0.05, 0.1) is 0 Å². The van der Waals surface area contributed by atoms with Crippen molar-refractivity contribution in [2.24, 2.45) is 0 Å². The van der Waals surface area contributed by atoms with Gasteiger partial charge in [-0.1, -0.05) is 24.6 Å². The van der Waals surface area contributed by atoms with Gasteiger partial charge in [-0.15, -0.1) is 0 Å². The topological polar surface area (TPSA) is 62.7 Å². The molecule has 0 spiro atoms. The lowest BCUT2D eigenvalue weighted by molar-refractivity contribution is 0.335. The summed E-state index contributed by atoms with van der Waals surface area (Å²) in [6, 6.07) is 0.719. The first-order valence-electron chi connectivity index (χ1n) is 10.1. The number of aryl methyl sites for hydroxylation is 2. The third-order valence-corrected chi connectivity index (χ3v) is 6.14. The highest BCUT2D eigenvalue weighted by Crippen LogP contribution is 2.33. The van der Waals surface area contributed by atoms with Gasteiger partial charge >= 0.3 is 0 Å². The minimum Gasteiger partial charge on any atom is -0.314 e. The number of fused-ring (bicyclic) bond motifs is 3. The Kier molecular flexibility index (Phi) is 4.04. The predicted octanol–water partition coefficient (Wildman–Crippen LogP) is 3.09. The highest BCUT2D eigenvalue weighted by molar-refractivity contribution is 5.96. The van der Waals surface area contributed by atoms with Crippen LogP contribution in [0.1, 0.15) is 55.3 Å². The van der Waals surface area contributed by atoms with Crippen molar-refractivity contribution in [3.8, 4) is 0 Å². The first kappa shape index (κ1) is 16.1. The molecule has 0 aromatic carbocycles. The minimum atomic E-state index is 0.0885. The number of aromatic nitrogens is 3. The second-order valence-electron chi connectivity index (χ2n) is 7.83. The molecular formula is C21H26N4O. The molecule has 0 radical (unpaired) electrons. The molecule has 3 aliphatic rings. The number of pyridine rings is 1. The Hall–Kier alpha value is -2.14. The van der Waals surface area contributed by atoms with Gasteiger partial charge in [0.2, 0.25) is 0 Å². The van der Waals surface area contributed by atoms with Crippen LogP contribution in [-0.4, -0.2) is 27.4 Å². The molecule has 136 valence electrons. The van der Waals surface area contributed by atoms with Crippen molar-refractivity contribution in [2.45, 2.75) is 64.0 Å². The molecule has 5 heteroatoms. The Balaban J connectivity index is 1.49. The van der Waals surface area contributed by atoms with Gasteiger partial charge in [0.1, 0.15) is 11.3 Å². The lowest BCUT2D eigenvalue weighted by Gasteiger charge is -2.26. The first-order valence-corrected chi connectivity index (χ1v) is 10.1. The molecule has 0 aliphatic heterocycles. The van der Waals surface area contributed by atoms with Gasteiger partial charge in [0, 0.05) is 29.1 Å². The van der Waals surface area contributed by atoms with Gasteiger partial charge in [-0.2, -0.15) is 5.10 Å². The van der Waals surface area contributed by atoms with E-state index in [1.54, 1.807) is 0 Å². The van der Waals surface area contributed by atoms with Crippen LogP contribution in [0.25, 0.3) is 16.6 Å². The second kappa shape index (κ2) is 6.54. The van der Waals surface area contributed by atoms with E-state index in [-0.39, 0.29) is 5.56 Å². The smallest absolute Gasteiger partial charge is 0.253 e. The molecule has 3 aliphatic carbocycles. The maximum atomic E-state index is 12.6. The van der Waals surface area contributed by atoms with Crippen molar-refractivity contribution >= 4 is 16.6 Å². The Morgan fingerprint density at radius 2 is 2.00 bits per heavy atom. The summed E-state index contributed by atoms with van der Waals surface area (Å²) in [6.45, 7) is 1.85. The van der Waals surface area contributed by atoms with Crippen LogP contribution in [0, 0.1) is 0 Å². The SMILES string of the molecule is O=c1[nH]c2c(c(C3=CC=C3)nn2CCCNC2CCC2)c2c1CCCC2. The summed E-state index contributed by atoms with van der Waals surface area (Å²) in [4.78, 5) is 15.8. The van der Waals surface area contributed by atoms with E-state index >= 15 is 0 Å². The maximum Gasteiger partial charge on any atom is 0.253 e. The lowest BCUT2D eigenvalue weighted by atomic mass is 9.89. The molecule has 26 heavy (non-hydrogen) atoms. The van der Waals surface area contributed by atoms with Crippen molar-refractivity contribution in [2.75, 3.05) is 6.54 Å². The van der Waals surface area contributed by atoms with Crippen LogP contribution in [0.5, 0.6) is 0 Å². The molecule has 2 aromatic heterocycles. The van der Waals surface area contributed by atoms with Gasteiger partial charge < -0.3 is 10.3 Å². The molecule has 2 aromatic rings. The Bertz CT molecular complexity index is 959. The van der Waals surface area contributed by atoms with Gasteiger partial charge in [-0.3, -0.25) is 4.79 Å². The Morgan fingerprint density at radius 1 is 1.19 bits per heavy atom. The van der Waals surface area contributed by atoms with Crippen LogP contribution in [-0.2, 0) is 19.4 Å². The van der Waals surface area contributed by atoms with Crippen LogP contribution in [0.2, 0.25) is 0 Å². The third-order valence-electron chi connectivity index (χ3n) is 6.14. The highest BCUT2D eigenvalue weighted by atomic mass is 16.1. The first-order chi connectivity index (χ1) is 12.8. The molecule has 5 nitrogen and oxygen atoms in total. The molecule has 0 bridgehead atoms. The number of hydrogen-bond donors (Lipinski definition) is 2. The average Bonchev–Trinajstić information content (AvgIpc) is 2.90. The van der Waals surface area contributed by atoms with Crippen molar-refractivity contribution in [1.82, 2.24) is 20.1 Å². The van der Waals surface area contributed by atoms with Gasteiger partial charge in [-0.05, 0) is 57.1 Å². The molecule has 0 amide bonds. The fourth-order valence-electron chi connectivity index (χ4n) is 4.35. The normalized spacial score (nSPS) is 19.2. The minimum absolute atomic E-state index is 0.0885. The van der Waals surface area contributed by atoms with E-state index < -0.39 is 0 Å². The fourth-order valence-corrected chi connectivity index (χ4v) is 4.35. The van der Waals surface area contributed by atoms with E-state index in [0.29, 0.717) is 0 Å². The number of allylic oxidation sites excluding steroid dienone is 4. The number of aromatic amines is 1. The maximum absolute atomic E-state index is 12.6. The number of nitrogens with zero attached hydrogens (tertiary/aromatic N) is 2. The van der Waals surface area contributed by atoms with Crippen molar-refractivity contribution < 1.29 is 0 Å². The van der Waals surface area contributed by atoms with Crippen molar-refractivity contribution in [1.29, 1.82) is 0 Å². The van der Waals surface area contributed by atoms with Crippen LogP contribution in [0.15, 0.2) is 23.0 Å². The van der Waals surface area contributed by atoms with Crippen LogP contribution < -0.4 is 10.9 Å². The Labute approximate surface area is 153 Å². The number of hydrogen-bond acceptors (Lipinski definition) is 3. The van der Waals surface area contributed by atoms with Crippen LogP contribution >= 0.6 is 0 Å². The zero-order valence-corrected chi connectivity index (χ0v) is 15.2. The van der Waals surface area contributed by atoms with E-state index in [1.165, 1.54) is 35.8 Å². The van der Waals surface area contributed by atoms with E-state index in [1.807, 2.05) is 4.68 Å². The van der Waals surface area contributed by atoms with Gasteiger partial charge in [-0.25, -0.2) is 4.68 Å². The number of H-pyrrole nitrogens is 1. The summed E-state index contributed by atoms with van der Waals surface area (Å²) in [5, 5.41) is 9.71. The average molecular weight is 350 g/mol. The molecule has 5 rings (SSSR count). The second-order valence-corrected chi connectivity index (χ2v) is 7.83. The molecule has 0 unspecified atom stereocenters. The summed E-state index contributed by atoms with van der Waals surface area (Å²) < 4.78 is 2.02. The van der Waals surface area contributed by atoms with E-state index in [4.69, 9.17) is 5.10 Å². The fraction of sp³-hybridized carbons (Fsp3) is 0.524. The van der Waals surface area contributed by atoms with Crippen molar-refractivity contribution in [3.63, 3.8) is 0 Å². The van der Waals surface area contributed by atoms with Crippen molar-refractivity contribution in [3.05, 3.63) is 45.4 Å². The Morgan fingerprint density at radius 3 is 2.69 bits per heavy atom.